The van der Waals surface area contributed by atoms with Gasteiger partial charge in [0.25, 0.3) is 0 Å². The maximum Gasteiger partial charge on any atom is 0.317 e. The molecule has 0 aromatic heterocycles. The first-order valence-corrected chi connectivity index (χ1v) is 28.4. The van der Waals surface area contributed by atoms with E-state index in [0.29, 0.717) is 78.9 Å². The van der Waals surface area contributed by atoms with Gasteiger partial charge in [0, 0.05) is 0 Å². The number of carbonyl (C=O) groups excluding carboxylic acids is 5. The minimum Gasteiger partial charge on any atom is -0.481 e. The number of fused-ring (bicyclic) bond motifs is 6. The van der Waals surface area contributed by atoms with Crippen molar-refractivity contribution in [3.05, 3.63) is 0 Å². The molecule has 0 aromatic rings. The fourth-order valence-electron chi connectivity index (χ4n) is 17.7. The SMILES string of the molecule is CCC1C(=O)OC(=O)C1CCC1C(CCC2C(CCCC3C(CC)C4CC(C(O)CC(=O)OC(C)(C)C)C3C4)C3CC(C(CC(=O)OC(C)(C)C)OC(=O)C4CCCCC4)C2C3)C2CC(C(=O)O)C1C2. The number of aliphatic hydroxyl groups excluding tert-OH is 1. The first-order valence-electron chi connectivity index (χ1n) is 28.4. The molecular weight excluding hydrogens is 889 g/mol. The summed E-state index contributed by atoms with van der Waals surface area (Å²) in [6.07, 6.45) is 17.5. The lowest BCUT2D eigenvalue weighted by Gasteiger charge is -2.42. The second-order valence-electron chi connectivity index (χ2n) is 26.3. The highest BCUT2D eigenvalue weighted by Crippen LogP contribution is 2.64. The molecule has 0 radical (unpaired) electrons. The van der Waals surface area contributed by atoms with E-state index in [9.17, 15) is 39.0 Å². The fraction of sp³-hybridized carbons (Fsp3) is 0.897. The van der Waals surface area contributed by atoms with Crippen molar-refractivity contribution in [2.45, 2.75) is 220 Å². The molecular formula is C58H90O12. The van der Waals surface area contributed by atoms with E-state index in [2.05, 4.69) is 6.92 Å². The number of esters is 5. The standard InChI is InChI=1S/C58H90O12/c1-9-35-32-23-43(46(26-32)49(59)29-51(60)69-57(3,4)5)39(35)18-14-17-37-33-24-44(47(27-33)50(30-52(61)70-58(6,7)8)67-54(64)31-15-12-11-13-16-31)40(37)20-19-38-34-25-45(48(28-34)53(62)63)41(38)21-22-42-36(10-2)55(65)68-56(42)66/h31-50,59H,9-30H2,1-8H3,(H,62,63). The number of hydrogen-bond acceptors (Lipinski definition) is 11. The van der Waals surface area contributed by atoms with Crippen LogP contribution in [0.2, 0.25) is 0 Å². The molecule has 2 N–H and O–H groups in total. The summed E-state index contributed by atoms with van der Waals surface area (Å²) in [5.41, 5.74) is -1.25. The summed E-state index contributed by atoms with van der Waals surface area (Å²) in [6.45, 7) is 15.5. The Kier molecular flexibility index (Phi) is 16.6. The minimum atomic E-state index is -0.725. The van der Waals surface area contributed by atoms with Crippen molar-refractivity contribution in [2.75, 3.05) is 0 Å². The molecule has 70 heavy (non-hydrogen) atoms. The lowest BCUT2D eigenvalue weighted by Crippen LogP contribution is -2.41. The predicted octanol–water partition coefficient (Wildman–Crippen LogP) is 10.9. The highest BCUT2D eigenvalue weighted by molar-refractivity contribution is 5.96. The lowest BCUT2D eigenvalue weighted by molar-refractivity contribution is -0.169. The number of rotatable bonds is 21. The number of carbonyl (C=O) groups is 6. The molecule has 12 heteroatoms. The molecule has 1 saturated heterocycles. The molecule has 1 heterocycles. The summed E-state index contributed by atoms with van der Waals surface area (Å²) in [4.78, 5) is 78.5. The topological polar surface area (TPSA) is 180 Å². The number of aliphatic hydroxyl groups is 1. The van der Waals surface area contributed by atoms with Gasteiger partial charge in [0.05, 0.1) is 42.6 Å². The van der Waals surface area contributed by atoms with E-state index >= 15 is 0 Å². The van der Waals surface area contributed by atoms with Crippen LogP contribution in [-0.4, -0.2) is 69.4 Å². The molecule has 6 bridgehead atoms. The Morgan fingerprint density at radius 2 is 1.11 bits per heavy atom. The number of aliphatic carboxylic acids is 1. The summed E-state index contributed by atoms with van der Waals surface area (Å²) in [5.74, 6) is 0.900. The van der Waals surface area contributed by atoms with E-state index < -0.39 is 53.2 Å². The molecule has 8 rings (SSSR count). The first-order chi connectivity index (χ1) is 33.1. The van der Waals surface area contributed by atoms with Gasteiger partial charge in [-0.15, -0.1) is 0 Å². The van der Waals surface area contributed by atoms with Crippen LogP contribution >= 0.6 is 0 Å². The Labute approximate surface area is 419 Å². The Balaban J connectivity index is 1.01. The van der Waals surface area contributed by atoms with Crippen molar-refractivity contribution in [1.82, 2.24) is 0 Å². The van der Waals surface area contributed by atoms with Gasteiger partial charge in [0.15, 0.2) is 0 Å². The summed E-state index contributed by atoms with van der Waals surface area (Å²) in [6, 6.07) is 0. The van der Waals surface area contributed by atoms with Crippen LogP contribution in [0.4, 0.5) is 0 Å². The van der Waals surface area contributed by atoms with Crippen LogP contribution in [0.5, 0.6) is 0 Å². The predicted molar refractivity (Wildman–Crippen MR) is 262 cm³/mol. The Bertz CT molecular complexity index is 1890. The molecule has 1 aliphatic heterocycles. The van der Waals surface area contributed by atoms with Crippen LogP contribution in [0.1, 0.15) is 197 Å². The number of carboxylic acid groups (broad SMARTS) is 1. The quantitative estimate of drug-likeness (QED) is 0.0632. The third-order valence-corrected chi connectivity index (χ3v) is 20.2. The zero-order valence-corrected chi connectivity index (χ0v) is 44.1. The van der Waals surface area contributed by atoms with Gasteiger partial charge in [-0.25, -0.2) is 0 Å². The minimum absolute atomic E-state index is 0.0417. The second kappa shape index (κ2) is 21.8. The van der Waals surface area contributed by atoms with Gasteiger partial charge in [-0.1, -0.05) is 46.0 Å². The molecule has 7 saturated carbocycles. The highest BCUT2D eigenvalue weighted by atomic mass is 16.6. The van der Waals surface area contributed by atoms with E-state index in [4.69, 9.17) is 18.9 Å². The highest BCUT2D eigenvalue weighted by Gasteiger charge is 2.59. The van der Waals surface area contributed by atoms with Gasteiger partial charge in [0.1, 0.15) is 17.3 Å². The van der Waals surface area contributed by atoms with E-state index in [0.717, 1.165) is 103 Å². The summed E-state index contributed by atoms with van der Waals surface area (Å²) in [5, 5.41) is 21.8. The molecule has 19 atom stereocenters. The van der Waals surface area contributed by atoms with Crippen molar-refractivity contribution >= 4 is 35.8 Å². The third kappa shape index (κ3) is 11.7. The second-order valence-corrected chi connectivity index (χ2v) is 26.3. The molecule has 394 valence electrons. The summed E-state index contributed by atoms with van der Waals surface area (Å²) in [7, 11) is 0. The maximum absolute atomic E-state index is 13.9. The van der Waals surface area contributed by atoms with Crippen LogP contribution in [-0.2, 0) is 47.7 Å². The van der Waals surface area contributed by atoms with Crippen LogP contribution in [0, 0.1) is 107 Å². The van der Waals surface area contributed by atoms with E-state index in [1.165, 1.54) is 0 Å². The Morgan fingerprint density at radius 1 is 0.600 bits per heavy atom. The Hall–Kier alpha value is -3.02. The maximum atomic E-state index is 13.9. The molecule has 8 aliphatic rings. The van der Waals surface area contributed by atoms with E-state index in [1.54, 1.807) is 0 Å². The van der Waals surface area contributed by atoms with Crippen molar-refractivity contribution in [3.8, 4) is 0 Å². The summed E-state index contributed by atoms with van der Waals surface area (Å²) >= 11 is 0. The van der Waals surface area contributed by atoms with Gasteiger partial charge in [-0.05, 0) is 221 Å². The average molecular weight is 979 g/mol. The Morgan fingerprint density at radius 3 is 1.76 bits per heavy atom. The van der Waals surface area contributed by atoms with Gasteiger partial charge in [-0.3, -0.25) is 28.8 Å². The molecule has 7 aliphatic carbocycles. The number of hydrogen-bond donors (Lipinski definition) is 2. The number of ether oxygens (including phenoxy) is 4. The van der Waals surface area contributed by atoms with Crippen LogP contribution in [0.15, 0.2) is 0 Å². The molecule has 19 unspecified atom stereocenters. The molecule has 8 fully saturated rings. The van der Waals surface area contributed by atoms with Crippen LogP contribution in [0.25, 0.3) is 0 Å². The van der Waals surface area contributed by atoms with Crippen molar-refractivity contribution in [1.29, 1.82) is 0 Å². The molecule has 0 amide bonds. The fourth-order valence-corrected chi connectivity index (χ4v) is 17.7. The van der Waals surface area contributed by atoms with Crippen LogP contribution < -0.4 is 0 Å². The van der Waals surface area contributed by atoms with Gasteiger partial charge in [0.2, 0.25) is 0 Å². The van der Waals surface area contributed by atoms with Gasteiger partial charge >= 0.3 is 35.8 Å². The van der Waals surface area contributed by atoms with Crippen molar-refractivity contribution < 1.29 is 57.9 Å². The molecule has 0 spiro atoms. The van der Waals surface area contributed by atoms with Crippen LogP contribution in [0.3, 0.4) is 0 Å². The van der Waals surface area contributed by atoms with Crippen molar-refractivity contribution in [2.24, 2.45) is 107 Å². The number of carboxylic acids is 1. The zero-order chi connectivity index (χ0) is 50.4. The molecule has 0 aromatic carbocycles. The molecule has 12 nitrogen and oxygen atoms in total. The lowest BCUT2D eigenvalue weighted by atomic mass is 9.65. The largest absolute Gasteiger partial charge is 0.481 e. The van der Waals surface area contributed by atoms with E-state index in [1.807, 2.05) is 48.5 Å². The monoisotopic (exact) mass is 979 g/mol. The van der Waals surface area contributed by atoms with Gasteiger partial charge in [-0.2, -0.15) is 0 Å². The third-order valence-electron chi connectivity index (χ3n) is 20.2. The van der Waals surface area contributed by atoms with Crippen molar-refractivity contribution in [3.63, 3.8) is 0 Å². The average Bonchev–Trinajstić information content (AvgIpc) is 4.16. The smallest absolute Gasteiger partial charge is 0.317 e. The number of cyclic esters (lactones) is 2. The van der Waals surface area contributed by atoms with Gasteiger partial charge < -0.3 is 29.2 Å². The summed E-state index contributed by atoms with van der Waals surface area (Å²) < 4.78 is 23.2. The van der Waals surface area contributed by atoms with E-state index in [-0.39, 0.29) is 72.2 Å². The zero-order valence-electron chi connectivity index (χ0n) is 44.1. The first kappa shape index (κ1) is 53.3. The normalized spacial score (nSPS) is 38.8.